The highest BCUT2D eigenvalue weighted by atomic mass is 16.5. The van der Waals surface area contributed by atoms with Crippen LogP contribution in [0.4, 0.5) is 0 Å². The van der Waals surface area contributed by atoms with Crippen LogP contribution < -0.4 is 0 Å². The Balaban J connectivity index is 2.60. The molecule has 108 valence electrons. The normalized spacial score (nSPS) is 12.8. The average molecular weight is 275 g/mol. The molecule has 0 aliphatic carbocycles. The summed E-state index contributed by atoms with van der Waals surface area (Å²) in [6.45, 7) is 2.66. The van der Waals surface area contributed by atoms with E-state index in [1.807, 2.05) is 54.8 Å². The van der Waals surface area contributed by atoms with E-state index in [2.05, 4.69) is 4.98 Å². The van der Waals surface area contributed by atoms with E-state index in [9.17, 15) is 4.79 Å². The molecule has 2 rings (SSSR count). The molecule has 5 heteroatoms. The minimum absolute atomic E-state index is 0.226. The fourth-order valence-electron chi connectivity index (χ4n) is 2.43. The molecular formula is C15H21N3O2. The van der Waals surface area contributed by atoms with Crippen molar-refractivity contribution in [3.05, 3.63) is 30.1 Å². The second-order valence-corrected chi connectivity index (χ2v) is 5.07. The molecule has 0 fully saturated rings. The van der Waals surface area contributed by atoms with Crippen molar-refractivity contribution < 1.29 is 9.53 Å². The van der Waals surface area contributed by atoms with Crippen molar-refractivity contribution in [2.24, 2.45) is 0 Å². The molecule has 0 aliphatic rings. The maximum Gasteiger partial charge on any atom is 0.328 e. The maximum absolute atomic E-state index is 12.0. The molecule has 1 aromatic carbocycles. The molecule has 0 saturated heterocycles. The molecule has 2 aromatic rings. The van der Waals surface area contributed by atoms with E-state index in [0.29, 0.717) is 13.0 Å². The number of nitrogens with zero attached hydrogens (tertiary/aromatic N) is 3. The molecule has 0 aliphatic heterocycles. The third-order valence-electron chi connectivity index (χ3n) is 3.30. The molecule has 1 heterocycles. The highest BCUT2D eigenvalue weighted by Crippen LogP contribution is 2.24. The number of hydrogen-bond acceptors (Lipinski definition) is 4. The van der Waals surface area contributed by atoms with Gasteiger partial charge in [0.05, 0.1) is 24.7 Å². The van der Waals surface area contributed by atoms with Gasteiger partial charge in [-0.1, -0.05) is 19.1 Å². The first-order valence-corrected chi connectivity index (χ1v) is 6.76. The van der Waals surface area contributed by atoms with E-state index in [4.69, 9.17) is 4.74 Å². The summed E-state index contributed by atoms with van der Waals surface area (Å²) in [7, 11) is 5.40. The molecule has 1 atom stereocenters. The molecule has 1 unspecified atom stereocenters. The van der Waals surface area contributed by atoms with E-state index in [1.165, 1.54) is 7.11 Å². The number of fused-ring (bicyclic) bond motifs is 1. The zero-order chi connectivity index (χ0) is 14.7. The highest BCUT2D eigenvalue weighted by molar-refractivity contribution is 5.81. The SMILES string of the molecule is CCC(C(=O)OC)n1c(CN(C)C)nc2ccccc21. The number of esters is 1. The Morgan fingerprint density at radius 1 is 1.40 bits per heavy atom. The van der Waals surface area contributed by atoms with Crippen molar-refractivity contribution in [1.29, 1.82) is 0 Å². The van der Waals surface area contributed by atoms with Gasteiger partial charge in [-0.05, 0) is 32.6 Å². The third kappa shape index (κ3) is 2.67. The van der Waals surface area contributed by atoms with Crippen LogP contribution in [0.3, 0.4) is 0 Å². The molecule has 5 nitrogen and oxygen atoms in total. The van der Waals surface area contributed by atoms with Crippen LogP contribution in [0.5, 0.6) is 0 Å². The molecule has 1 aromatic heterocycles. The average Bonchev–Trinajstić information content (AvgIpc) is 2.77. The lowest BCUT2D eigenvalue weighted by molar-refractivity contribution is -0.144. The van der Waals surface area contributed by atoms with Gasteiger partial charge >= 0.3 is 5.97 Å². The number of rotatable bonds is 5. The van der Waals surface area contributed by atoms with Crippen molar-refractivity contribution in [2.45, 2.75) is 25.9 Å². The number of hydrogen-bond donors (Lipinski definition) is 0. The van der Waals surface area contributed by atoms with E-state index in [-0.39, 0.29) is 12.0 Å². The lowest BCUT2D eigenvalue weighted by Crippen LogP contribution is -2.24. The summed E-state index contributed by atoms with van der Waals surface area (Å²) in [6, 6.07) is 7.55. The maximum atomic E-state index is 12.0. The number of benzene rings is 1. The van der Waals surface area contributed by atoms with Gasteiger partial charge < -0.3 is 14.2 Å². The zero-order valence-electron chi connectivity index (χ0n) is 12.5. The summed E-state index contributed by atoms with van der Waals surface area (Å²) in [5.74, 6) is 0.657. The molecule has 0 saturated carbocycles. The second-order valence-electron chi connectivity index (χ2n) is 5.07. The fourth-order valence-corrected chi connectivity index (χ4v) is 2.43. The van der Waals surface area contributed by atoms with Crippen LogP contribution in [0, 0.1) is 0 Å². The van der Waals surface area contributed by atoms with Crippen LogP contribution in [-0.2, 0) is 16.1 Å². The van der Waals surface area contributed by atoms with Crippen LogP contribution in [-0.4, -0.2) is 41.6 Å². The lowest BCUT2D eigenvalue weighted by atomic mass is 10.2. The minimum Gasteiger partial charge on any atom is -0.467 e. The predicted molar refractivity (Wildman–Crippen MR) is 78.5 cm³/mol. The van der Waals surface area contributed by atoms with Crippen molar-refractivity contribution in [3.63, 3.8) is 0 Å². The van der Waals surface area contributed by atoms with Gasteiger partial charge in [0.15, 0.2) is 0 Å². The second kappa shape index (κ2) is 6.05. The van der Waals surface area contributed by atoms with Crippen LogP contribution >= 0.6 is 0 Å². The van der Waals surface area contributed by atoms with Crippen LogP contribution in [0.15, 0.2) is 24.3 Å². The number of methoxy groups -OCH3 is 1. The minimum atomic E-state index is -0.331. The highest BCUT2D eigenvalue weighted by Gasteiger charge is 2.24. The van der Waals surface area contributed by atoms with Crippen LogP contribution in [0.25, 0.3) is 11.0 Å². The van der Waals surface area contributed by atoms with E-state index in [0.717, 1.165) is 16.9 Å². The van der Waals surface area contributed by atoms with Crippen molar-refractivity contribution in [3.8, 4) is 0 Å². The summed E-state index contributed by atoms with van der Waals surface area (Å²) in [5, 5.41) is 0. The van der Waals surface area contributed by atoms with Gasteiger partial charge in [0, 0.05) is 0 Å². The Labute approximate surface area is 119 Å². The Hall–Kier alpha value is -1.88. The smallest absolute Gasteiger partial charge is 0.328 e. The van der Waals surface area contributed by atoms with E-state index >= 15 is 0 Å². The van der Waals surface area contributed by atoms with Gasteiger partial charge in [0.1, 0.15) is 11.9 Å². The van der Waals surface area contributed by atoms with Gasteiger partial charge in [0.25, 0.3) is 0 Å². The van der Waals surface area contributed by atoms with Crippen molar-refractivity contribution >= 4 is 17.0 Å². The summed E-state index contributed by atoms with van der Waals surface area (Å²) < 4.78 is 6.94. The number of imidazole rings is 1. The summed E-state index contributed by atoms with van der Waals surface area (Å²) in [4.78, 5) is 18.7. The molecule has 20 heavy (non-hydrogen) atoms. The number of aromatic nitrogens is 2. The first kappa shape index (κ1) is 14.5. The standard InChI is InChI=1S/C15H21N3O2/c1-5-12(15(19)20-4)18-13-9-7-6-8-11(13)16-14(18)10-17(2)3/h6-9,12H,5,10H2,1-4H3. The number of para-hydroxylation sites is 2. The Bertz CT molecular complexity index is 604. The van der Waals surface area contributed by atoms with Gasteiger partial charge in [-0.3, -0.25) is 0 Å². The molecule has 0 amide bonds. The van der Waals surface area contributed by atoms with Crippen LogP contribution in [0.2, 0.25) is 0 Å². The van der Waals surface area contributed by atoms with Crippen molar-refractivity contribution in [1.82, 2.24) is 14.5 Å². The van der Waals surface area contributed by atoms with E-state index < -0.39 is 0 Å². The van der Waals surface area contributed by atoms with Crippen molar-refractivity contribution in [2.75, 3.05) is 21.2 Å². The third-order valence-corrected chi connectivity index (χ3v) is 3.30. The molecule has 0 N–H and O–H groups in total. The molecule has 0 radical (unpaired) electrons. The quantitative estimate of drug-likeness (QED) is 0.785. The van der Waals surface area contributed by atoms with Gasteiger partial charge in [-0.15, -0.1) is 0 Å². The fraction of sp³-hybridized carbons (Fsp3) is 0.467. The van der Waals surface area contributed by atoms with Gasteiger partial charge in [0.2, 0.25) is 0 Å². The summed E-state index contributed by atoms with van der Waals surface area (Å²) in [5.41, 5.74) is 1.88. The molecule has 0 bridgehead atoms. The summed E-state index contributed by atoms with van der Waals surface area (Å²) >= 11 is 0. The predicted octanol–water partition coefficient (Wildman–Crippen LogP) is 2.22. The Kier molecular flexibility index (Phi) is 4.39. The zero-order valence-corrected chi connectivity index (χ0v) is 12.5. The van der Waals surface area contributed by atoms with Crippen LogP contribution in [0.1, 0.15) is 25.2 Å². The molecular weight excluding hydrogens is 254 g/mol. The first-order valence-electron chi connectivity index (χ1n) is 6.76. The Morgan fingerprint density at radius 3 is 2.70 bits per heavy atom. The Morgan fingerprint density at radius 2 is 2.10 bits per heavy atom. The first-order chi connectivity index (χ1) is 9.58. The van der Waals surface area contributed by atoms with Gasteiger partial charge in [-0.25, -0.2) is 9.78 Å². The topological polar surface area (TPSA) is 47.4 Å². The largest absolute Gasteiger partial charge is 0.467 e. The monoisotopic (exact) mass is 275 g/mol. The number of carbonyl (C=O) groups is 1. The van der Waals surface area contributed by atoms with Gasteiger partial charge in [-0.2, -0.15) is 0 Å². The number of carbonyl (C=O) groups excluding carboxylic acids is 1. The lowest BCUT2D eigenvalue weighted by Gasteiger charge is -2.19. The number of ether oxygens (including phenoxy) is 1. The molecule has 0 spiro atoms. The van der Waals surface area contributed by atoms with E-state index in [1.54, 1.807) is 0 Å². The summed E-state index contributed by atoms with van der Waals surface area (Å²) in [6.07, 6.45) is 0.674.